The highest BCUT2D eigenvalue weighted by Crippen LogP contribution is 2.24. The van der Waals surface area contributed by atoms with Crippen LogP contribution in [0.25, 0.3) is 0 Å². The van der Waals surface area contributed by atoms with Crippen molar-refractivity contribution < 1.29 is 24.0 Å². The fraction of sp³-hybridized carbons (Fsp3) is 0.467. The van der Waals surface area contributed by atoms with E-state index >= 15 is 0 Å². The molecule has 0 aliphatic carbocycles. The maximum atomic E-state index is 12.2. The number of non-ortho nitro benzene ring substituents is 1. The van der Waals surface area contributed by atoms with Crippen molar-refractivity contribution in [3.8, 4) is 0 Å². The van der Waals surface area contributed by atoms with Crippen LogP contribution in [0.5, 0.6) is 0 Å². The Morgan fingerprint density at radius 3 is 2.61 bits per heavy atom. The molecule has 8 nitrogen and oxygen atoms in total. The topological polar surface area (TPSA) is 99.0 Å². The van der Waals surface area contributed by atoms with Crippen molar-refractivity contribution >= 4 is 23.4 Å². The number of benzene rings is 1. The van der Waals surface area contributed by atoms with Gasteiger partial charge in [-0.15, -0.1) is 0 Å². The molecule has 1 heterocycles. The number of hydrogen-bond donors (Lipinski definition) is 0. The van der Waals surface area contributed by atoms with Crippen LogP contribution in [0.2, 0.25) is 0 Å². The van der Waals surface area contributed by atoms with Crippen LogP contribution in [-0.2, 0) is 14.3 Å². The van der Waals surface area contributed by atoms with E-state index in [9.17, 15) is 19.7 Å². The molecule has 1 aliphatic rings. The Balaban J connectivity index is 1.98. The molecule has 0 bridgehead atoms. The van der Waals surface area contributed by atoms with E-state index in [2.05, 4.69) is 0 Å². The molecule has 23 heavy (non-hydrogen) atoms. The number of amides is 2. The maximum absolute atomic E-state index is 12.2. The monoisotopic (exact) mass is 322 g/mol. The molecule has 0 spiro atoms. The minimum absolute atomic E-state index is 0.0227. The van der Waals surface area contributed by atoms with Gasteiger partial charge in [0, 0.05) is 18.7 Å². The molecule has 2 rings (SSSR count). The molecule has 1 saturated heterocycles. The average molecular weight is 322 g/mol. The lowest BCUT2D eigenvalue weighted by atomic mass is 10.2. The molecule has 1 unspecified atom stereocenters. The Labute approximate surface area is 133 Å². The van der Waals surface area contributed by atoms with Crippen LogP contribution in [0.15, 0.2) is 24.3 Å². The summed E-state index contributed by atoms with van der Waals surface area (Å²) in [5.41, 5.74) is 0.129. The predicted molar refractivity (Wildman–Crippen MR) is 81.2 cm³/mol. The lowest BCUT2D eigenvalue weighted by Crippen LogP contribution is -2.47. The summed E-state index contributed by atoms with van der Waals surface area (Å²) in [4.78, 5) is 35.1. The van der Waals surface area contributed by atoms with E-state index in [0.29, 0.717) is 6.61 Å². The molecule has 1 aromatic carbocycles. The Bertz CT molecular complexity index is 568. The van der Waals surface area contributed by atoms with Gasteiger partial charge in [0.2, 0.25) is 5.91 Å². The van der Waals surface area contributed by atoms with Crippen LogP contribution in [0.1, 0.15) is 26.2 Å². The van der Waals surface area contributed by atoms with Gasteiger partial charge in [-0.25, -0.2) is 9.69 Å². The van der Waals surface area contributed by atoms with E-state index in [1.807, 2.05) is 6.92 Å². The van der Waals surface area contributed by atoms with Crippen molar-refractivity contribution in [1.29, 1.82) is 0 Å². The molecule has 1 aromatic rings. The molecule has 2 amide bonds. The Morgan fingerprint density at radius 1 is 1.35 bits per heavy atom. The van der Waals surface area contributed by atoms with Crippen LogP contribution in [0.3, 0.4) is 0 Å². The van der Waals surface area contributed by atoms with Gasteiger partial charge in [0.25, 0.3) is 5.69 Å². The van der Waals surface area contributed by atoms with Gasteiger partial charge in [0.05, 0.1) is 23.6 Å². The fourth-order valence-electron chi connectivity index (χ4n) is 2.15. The maximum Gasteiger partial charge on any atom is 0.421 e. The summed E-state index contributed by atoms with van der Waals surface area (Å²) in [5, 5.41) is 10.6. The van der Waals surface area contributed by atoms with Gasteiger partial charge in [-0.3, -0.25) is 14.9 Å². The number of nitrogens with zero attached hydrogens (tertiary/aromatic N) is 2. The van der Waals surface area contributed by atoms with Crippen LogP contribution in [-0.4, -0.2) is 36.2 Å². The summed E-state index contributed by atoms with van der Waals surface area (Å²) in [5.74, 6) is -0.417. The number of imide groups is 1. The number of unbranched alkanes of at least 4 members (excludes halogenated alkanes) is 1. The van der Waals surface area contributed by atoms with Crippen molar-refractivity contribution in [2.45, 2.75) is 32.3 Å². The first-order valence-electron chi connectivity index (χ1n) is 7.38. The van der Waals surface area contributed by atoms with Gasteiger partial charge in [0.1, 0.15) is 6.10 Å². The molecule has 1 atom stereocenters. The van der Waals surface area contributed by atoms with Gasteiger partial charge >= 0.3 is 6.09 Å². The normalized spacial score (nSPS) is 18.0. The zero-order valence-corrected chi connectivity index (χ0v) is 12.8. The van der Waals surface area contributed by atoms with Crippen LogP contribution < -0.4 is 4.90 Å². The summed E-state index contributed by atoms with van der Waals surface area (Å²) < 4.78 is 10.6. The first-order valence-corrected chi connectivity index (χ1v) is 7.38. The molecule has 1 fully saturated rings. The first kappa shape index (κ1) is 16.9. The fourth-order valence-corrected chi connectivity index (χ4v) is 2.15. The summed E-state index contributed by atoms with van der Waals surface area (Å²) in [6.07, 6.45) is 0.538. The Morgan fingerprint density at radius 2 is 2.04 bits per heavy atom. The lowest BCUT2D eigenvalue weighted by molar-refractivity contribution is -0.384. The molecule has 0 aromatic heterocycles. The number of nitro benzene ring substituents is 1. The van der Waals surface area contributed by atoms with Gasteiger partial charge in [0.15, 0.2) is 0 Å². The Hall–Kier alpha value is -2.48. The van der Waals surface area contributed by atoms with Crippen molar-refractivity contribution in [2.75, 3.05) is 18.1 Å². The molecule has 0 radical (unpaired) electrons. The Kier molecular flexibility index (Phi) is 5.64. The van der Waals surface area contributed by atoms with E-state index in [0.717, 1.165) is 17.7 Å². The van der Waals surface area contributed by atoms with Gasteiger partial charge in [-0.2, -0.15) is 0 Å². The number of rotatable bonds is 7. The molecule has 8 heteroatoms. The van der Waals surface area contributed by atoms with E-state index in [4.69, 9.17) is 9.47 Å². The summed E-state index contributed by atoms with van der Waals surface area (Å²) in [6, 6.07) is 5.15. The third-order valence-electron chi connectivity index (χ3n) is 3.37. The number of ether oxygens (including phenoxy) is 2. The van der Waals surface area contributed by atoms with Crippen LogP contribution in [0, 0.1) is 10.1 Å². The van der Waals surface area contributed by atoms with E-state index in [1.165, 1.54) is 24.3 Å². The summed E-state index contributed by atoms with van der Waals surface area (Å²) in [6.45, 7) is 2.78. The third-order valence-corrected chi connectivity index (χ3v) is 3.37. The molecule has 0 N–H and O–H groups in total. The molecule has 0 saturated carbocycles. The van der Waals surface area contributed by atoms with E-state index < -0.39 is 23.0 Å². The average Bonchev–Trinajstić information content (AvgIpc) is 2.51. The van der Waals surface area contributed by atoms with Gasteiger partial charge < -0.3 is 9.47 Å². The zero-order valence-electron chi connectivity index (χ0n) is 12.8. The second-order valence-electron chi connectivity index (χ2n) is 5.14. The quantitative estimate of drug-likeness (QED) is 0.435. The van der Waals surface area contributed by atoms with Crippen LogP contribution >= 0.6 is 0 Å². The lowest BCUT2D eigenvalue weighted by Gasteiger charge is -2.29. The smallest absolute Gasteiger partial charge is 0.421 e. The van der Waals surface area contributed by atoms with Crippen molar-refractivity contribution in [3.05, 3.63) is 34.4 Å². The second kappa shape index (κ2) is 7.68. The van der Waals surface area contributed by atoms with Crippen molar-refractivity contribution in [3.63, 3.8) is 0 Å². The van der Waals surface area contributed by atoms with Gasteiger partial charge in [-0.05, 0) is 18.6 Å². The highest BCUT2D eigenvalue weighted by molar-refractivity contribution is 6.13. The van der Waals surface area contributed by atoms with Crippen molar-refractivity contribution in [2.24, 2.45) is 0 Å². The second-order valence-corrected chi connectivity index (χ2v) is 5.14. The minimum Gasteiger partial charge on any atom is -0.443 e. The first-order chi connectivity index (χ1) is 11.0. The number of hydrogen-bond acceptors (Lipinski definition) is 6. The highest BCUT2D eigenvalue weighted by Gasteiger charge is 2.35. The molecular formula is C15H18N2O6. The minimum atomic E-state index is -0.792. The molecular weight excluding hydrogens is 304 g/mol. The standard InChI is InChI=1S/C15H18N2O6/c1-2-3-8-22-10-13-9-14(18)16(15(19)23-13)11-4-6-12(7-5-11)17(20)21/h4-7,13H,2-3,8-10H2,1H3. The summed E-state index contributed by atoms with van der Waals surface area (Å²) >= 11 is 0. The van der Waals surface area contributed by atoms with Crippen LogP contribution in [0.4, 0.5) is 16.2 Å². The number of anilines is 1. The number of nitro groups is 1. The molecule has 124 valence electrons. The predicted octanol–water partition coefficient (Wildman–Crippen LogP) is 2.65. The van der Waals surface area contributed by atoms with E-state index in [-0.39, 0.29) is 24.4 Å². The zero-order chi connectivity index (χ0) is 16.8. The summed E-state index contributed by atoms with van der Waals surface area (Å²) in [7, 11) is 0. The largest absolute Gasteiger partial charge is 0.443 e. The SMILES string of the molecule is CCCCOCC1CC(=O)N(c2ccc([N+](=O)[O-])cc2)C(=O)O1. The number of carbonyl (C=O) groups is 2. The number of carbonyl (C=O) groups excluding carboxylic acids is 2. The number of cyclic esters (lactones) is 1. The highest BCUT2D eigenvalue weighted by atomic mass is 16.6. The molecule has 1 aliphatic heterocycles. The van der Waals surface area contributed by atoms with E-state index in [1.54, 1.807) is 0 Å². The van der Waals surface area contributed by atoms with Crippen molar-refractivity contribution in [1.82, 2.24) is 0 Å². The third kappa shape index (κ3) is 4.26. The van der Waals surface area contributed by atoms with Gasteiger partial charge in [-0.1, -0.05) is 13.3 Å².